The van der Waals surface area contributed by atoms with Gasteiger partial charge in [0.25, 0.3) is 5.91 Å². The van der Waals surface area contributed by atoms with E-state index in [9.17, 15) is 31.1 Å². The van der Waals surface area contributed by atoms with Crippen molar-refractivity contribution in [1.82, 2.24) is 20.3 Å². The Bertz CT molecular complexity index is 1580. The van der Waals surface area contributed by atoms with Crippen molar-refractivity contribution in [2.24, 2.45) is 0 Å². The molecule has 0 unspecified atom stereocenters. The highest BCUT2D eigenvalue weighted by Crippen LogP contribution is 2.38. The molecule has 2 aromatic heterocycles. The molecule has 0 saturated heterocycles. The molecular weight excluding hydrogens is 586 g/mol. The largest absolute Gasteiger partial charge is 0.495 e. The number of pyridine rings is 1. The highest BCUT2D eigenvalue weighted by atomic mass is 19.4. The van der Waals surface area contributed by atoms with Crippen LogP contribution in [0.4, 0.5) is 49.2 Å². The Labute approximate surface area is 239 Å². The Balaban J connectivity index is 0.000000646. The molecule has 0 aliphatic rings. The maximum absolute atomic E-state index is 13.7. The van der Waals surface area contributed by atoms with E-state index in [1.54, 1.807) is 42.7 Å². The van der Waals surface area contributed by atoms with Crippen LogP contribution < -0.4 is 20.7 Å². The summed E-state index contributed by atoms with van der Waals surface area (Å²) in [4.78, 5) is 33.0. The fourth-order valence-corrected chi connectivity index (χ4v) is 3.48. The van der Waals surface area contributed by atoms with E-state index in [0.29, 0.717) is 11.4 Å². The minimum absolute atomic E-state index is 0.136. The van der Waals surface area contributed by atoms with Gasteiger partial charge in [-0.2, -0.15) is 26.3 Å². The van der Waals surface area contributed by atoms with Gasteiger partial charge >= 0.3 is 18.3 Å². The van der Waals surface area contributed by atoms with Gasteiger partial charge < -0.3 is 25.8 Å². The third kappa shape index (κ3) is 8.54. The van der Waals surface area contributed by atoms with E-state index in [1.165, 1.54) is 38.7 Å². The van der Waals surface area contributed by atoms with E-state index in [0.717, 1.165) is 17.3 Å². The van der Waals surface area contributed by atoms with Gasteiger partial charge in [-0.15, -0.1) is 0 Å². The van der Waals surface area contributed by atoms with Gasteiger partial charge in [-0.25, -0.2) is 19.7 Å². The Morgan fingerprint density at radius 1 is 0.837 bits per heavy atom. The number of alkyl halides is 6. The summed E-state index contributed by atoms with van der Waals surface area (Å²) in [5, 5.41) is 15.3. The molecule has 0 fully saturated rings. The van der Waals surface area contributed by atoms with Crippen LogP contribution in [0.2, 0.25) is 0 Å². The van der Waals surface area contributed by atoms with Crippen LogP contribution in [0.3, 0.4) is 0 Å². The lowest BCUT2D eigenvalue weighted by Gasteiger charge is -2.18. The lowest BCUT2D eigenvalue weighted by atomic mass is 10.1. The summed E-state index contributed by atoms with van der Waals surface area (Å²) in [6.07, 6.45) is -4.30. The summed E-state index contributed by atoms with van der Waals surface area (Å²) in [6.45, 7) is 0. The summed E-state index contributed by atoms with van der Waals surface area (Å²) in [5.74, 6) is -2.62. The average molecular weight is 608 g/mol. The molecule has 16 heteroatoms. The number of anilines is 4. The smallest absolute Gasteiger partial charge is 0.490 e. The molecule has 0 atom stereocenters. The zero-order valence-electron chi connectivity index (χ0n) is 22.2. The molecule has 226 valence electrons. The number of rotatable bonds is 7. The highest BCUT2D eigenvalue weighted by Gasteiger charge is 2.38. The molecule has 2 heterocycles. The van der Waals surface area contributed by atoms with Crippen LogP contribution >= 0.6 is 0 Å². The molecule has 4 rings (SSSR count). The maximum Gasteiger partial charge on any atom is 0.490 e. The van der Waals surface area contributed by atoms with Gasteiger partial charge in [0.15, 0.2) is 0 Å². The van der Waals surface area contributed by atoms with Crippen LogP contribution in [0.15, 0.2) is 73.4 Å². The number of methoxy groups -OCH3 is 1. The molecule has 0 spiro atoms. The van der Waals surface area contributed by atoms with E-state index in [4.69, 9.17) is 14.6 Å². The minimum Gasteiger partial charge on any atom is -0.495 e. The number of carboxylic acid groups (broad SMARTS) is 1. The molecule has 2 aromatic carbocycles. The van der Waals surface area contributed by atoms with E-state index >= 15 is 0 Å². The van der Waals surface area contributed by atoms with Crippen molar-refractivity contribution in [2.45, 2.75) is 12.4 Å². The second-order valence-electron chi connectivity index (χ2n) is 8.33. The van der Waals surface area contributed by atoms with E-state index in [2.05, 4.69) is 30.9 Å². The molecule has 0 radical (unpaired) electrons. The lowest BCUT2D eigenvalue weighted by Crippen LogP contribution is -2.21. The number of hydrogen-bond donors (Lipinski definition) is 4. The molecule has 1 amide bonds. The van der Waals surface area contributed by atoms with Crippen LogP contribution in [0.5, 0.6) is 5.75 Å². The number of carboxylic acids is 1. The predicted molar refractivity (Wildman–Crippen MR) is 143 cm³/mol. The lowest BCUT2D eigenvalue weighted by molar-refractivity contribution is -0.192. The molecule has 0 bridgehead atoms. The summed E-state index contributed by atoms with van der Waals surface area (Å²) in [6, 6.07) is 12.8. The fourth-order valence-electron chi connectivity index (χ4n) is 3.48. The molecule has 43 heavy (non-hydrogen) atoms. The number of benzene rings is 2. The summed E-state index contributed by atoms with van der Waals surface area (Å²) in [7, 11) is 2.92. The monoisotopic (exact) mass is 608 g/mol. The standard InChI is InChI=1S/C25H21F3N6O2.C2HF3O2/c1-29-24(35)17-5-3-4-6-19(17)33-21-10-23(32-13-18(21)25(26,27)28)34-20-8-7-15(9-22(20)36-2)16-11-30-14-31-12-16;3-2(4,5)1(6)7/h3-14H,1-2H3,(H,29,35)(H2,32,33,34);(H,6,7). The number of carbonyl (C=O) groups excluding carboxylic acids is 1. The molecule has 0 aliphatic heterocycles. The predicted octanol–water partition coefficient (Wildman–Crippen LogP) is 6.05. The molecule has 10 nitrogen and oxygen atoms in total. The third-order valence-electron chi connectivity index (χ3n) is 5.48. The quantitative estimate of drug-likeness (QED) is 0.185. The molecule has 0 aliphatic carbocycles. The van der Waals surface area contributed by atoms with Crippen LogP contribution in [-0.2, 0) is 11.0 Å². The normalized spacial score (nSPS) is 11.1. The second-order valence-corrected chi connectivity index (χ2v) is 8.33. The fraction of sp³-hybridized carbons (Fsp3) is 0.148. The van der Waals surface area contributed by atoms with Gasteiger partial charge in [0.05, 0.1) is 35.3 Å². The number of amides is 1. The Hall–Kier alpha value is -5.41. The van der Waals surface area contributed by atoms with E-state index < -0.39 is 29.8 Å². The first-order valence-electron chi connectivity index (χ1n) is 11.9. The van der Waals surface area contributed by atoms with Crippen molar-refractivity contribution in [1.29, 1.82) is 0 Å². The van der Waals surface area contributed by atoms with Crippen molar-refractivity contribution < 1.29 is 45.8 Å². The number of nitrogens with zero attached hydrogens (tertiary/aromatic N) is 3. The third-order valence-corrected chi connectivity index (χ3v) is 5.48. The van der Waals surface area contributed by atoms with Crippen LogP contribution in [0.25, 0.3) is 11.1 Å². The highest BCUT2D eigenvalue weighted by molar-refractivity contribution is 6.00. The maximum atomic E-state index is 13.7. The molecule has 4 aromatic rings. The van der Waals surface area contributed by atoms with E-state index in [1.807, 2.05) is 0 Å². The van der Waals surface area contributed by atoms with Crippen molar-refractivity contribution in [3.63, 3.8) is 0 Å². The number of carbonyl (C=O) groups is 2. The minimum atomic E-state index is -5.08. The van der Waals surface area contributed by atoms with Gasteiger partial charge in [-0.1, -0.05) is 18.2 Å². The van der Waals surface area contributed by atoms with E-state index in [-0.39, 0.29) is 22.8 Å². The number of ether oxygens (including phenoxy) is 1. The zero-order chi connectivity index (χ0) is 31.8. The first-order chi connectivity index (χ1) is 20.2. The number of halogens is 6. The first-order valence-corrected chi connectivity index (χ1v) is 11.9. The summed E-state index contributed by atoms with van der Waals surface area (Å²) >= 11 is 0. The van der Waals surface area contributed by atoms with Crippen molar-refractivity contribution >= 4 is 34.8 Å². The van der Waals surface area contributed by atoms with Crippen molar-refractivity contribution in [3.05, 3.63) is 84.6 Å². The van der Waals surface area contributed by atoms with Gasteiger partial charge in [0.2, 0.25) is 0 Å². The number of hydrogen-bond acceptors (Lipinski definition) is 8. The molecular formula is C27H22F6N6O4. The Morgan fingerprint density at radius 2 is 1.49 bits per heavy atom. The number of para-hydroxylation sites is 1. The van der Waals surface area contributed by atoms with Gasteiger partial charge in [-0.05, 0) is 29.8 Å². The topological polar surface area (TPSA) is 138 Å². The number of aliphatic carboxylic acids is 1. The van der Waals surface area contributed by atoms with Crippen LogP contribution in [0.1, 0.15) is 15.9 Å². The molecule has 0 saturated carbocycles. The summed E-state index contributed by atoms with van der Waals surface area (Å²) in [5.41, 5.74) is 1.22. The zero-order valence-corrected chi connectivity index (χ0v) is 22.2. The average Bonchev–Trinajstić information content (AvgIpc) is 2.97. The van der Waals surface area contributed by atoms with Crippen molar-refractivity contribution in [2.75, 3.05) is 24.8 Å². The van der Waals surface area contributed by atoms with Gasteiger partial charge in [0.1, 0.15) is 17.9 Å². The Morgan fingerprint density at radius 3 is 2.07 bits per heavy atom. The second kappa shape index (κ2) is 13.5. The number of nitrogens with one attached hydrogen (secondary N) is 3. The van der Waals surface area contributed by atoms with Crippen LogP contribution in [-0.4, -0.2) is 52.3 Å². The Kier molecular flexibility index (Phi) is 10.1. The molecule has 4 N–H and O–H groups in total. The van der Waals surface area contributed by atoms with Crippen LogP contribution in [0, 0.1) is 0 Å². The SMILES string of the molecule is CNC(=O)c1ccccc1Nc1cc(Nc2ccc(-c3cncnc3)cc2OC)ncc1C(F)(F)F.O=C(O)C(F)(F)F. The van der Waals surface area contributed by atoms with Gasteiger partial charge in [0, 0.05) is 37.3 Å². The van der Waals surface area contributed by atoms with Gasteiger partial charge in [-0.3, -0.25) is 4.79 Å². The number of aromatic nitrogens is 3. The first kappa shape index (κ1) is 32.1. The summed E-state index contributed by atoms with van der Waals surface area (Å²) < 4.78 is 78.5. The van der Waals surface area contributed by atoms with Crippen molar-refractivity contribution in [3.8, 4) is 16.9 Å².